The summed E-state index contributed by atoms with van der Waals surface area (Å²) in [5, 5.41) is 8.74. The zero-order valence-electron chi connectivity index (χ0n) is 13.9. The fraction of sp³-hybridized carbons (Fsp3) is 0.333. The lowest BCUT2D eigenvalue weighted by Gasteiger charge is -2.27. The van der Waals surface area contributed by atoms with Crippen LogP contribution < -0.4 is 10.2 Å². The largest absolute Gasteiger partial charge is 0.497 e. The topological polar surface area (TPSA) is 78.9 Å². The van der Waals surface area contributed by atoms with Crippen molar-refractivity contribution in [3.05, 3.63) is 51.2 Å². The first kappa shape index (κ1) is 17.4. The minimum Gasteiger partial charge on any atom is -0.497 e. The van der Waals surface area contributed by atoms with Crippen molar-refractivity contribution in [2.75, 3.05) is 13.7 Å². The lowest BCUT2D eigenvalue weighted by Crippen LogP contribution is -2.35. The summed E-state index contributed by atoms with van der Waals surface area (Å²) < 4.78 is 5.13. The third kappa shape index (κ3) is 4.00. The number of aryl methyl sites for hydroxylation is 1. The summed E-state index contributed by atoms with van der Waals surface area (Å²) in [4.78, 5) is 27.3. The van der Waals surface area contributed by atoms with Gasteiger partial charge in [0.15, 0.2) is 0 Å². The van der Waals surface area contributed by atoms with Crippen LogP contribution in [0.2, 0.25) is 0 Å². The van der Waals surface area contributed by atoms with Gasteiger partial charge in [-0.15, -0.1) is 11.3 Å². The van der Waals surface area contributed by atoms with Gasteiger partial charge in [0.25, 0.3) is 5.91 Å². The number of ether oxygens (including phenoxy) is 1. The van der Waals surface area contributed by atoms with Gasteiger partial charge >= 0.3 is 0 Å². The van der Waals surface area contributed by atoms with Gasteiger partial charge in [-0.3, -0.25) is 14.8 Å². The molecule has 0 aliphatic carbocycles. The van der Waals surface area contributed by atoms with Crippen molar-refractivity contribution in [1.29, 1.82) is 0 Å². The highest BCUT2D eigenvalue weighted by Gasteiger charge is 2.24. The van der Waals surface area contributed by atoms with E-state index in [4.69, 9.17) is 9.94 Å². The highest BCUT2D eigenvalue weighted by atomic mass is 32.1. The van der Waals surface area contributed by atoms with Crippen LogP contribution in [0.5, 0.6) is 5.75 Å². The molecular formula is C18H20N2O4S. The van der Waals surface area contributed by atoms with Gasteiger partial charge in [-0.25, -0.2) is 5.48 Å². The molecule has 6 nitrogen and oxygen atoms in total. The molecule has 0 unspecified atom stereocenters. The van der Waals surface area contributed by atoms with E-state index >= 15 is 0 Å². The lowest BCUT2D eigenvalue weighted by atomic mass is 10.1. The molecule has 1 aromatic heterocycles. The first-order valence-corrected chi connectivity index (χ1v) is 8.89. The van der Waals surface area contributed by atoms with Gasteiger partial charge in [0, 0.05) is 17.8 Å². The summed E-state index contributed by atoms with van der Waals surface area (Å²) in [5.41, 5.74) is 3.84. The van der Waals surface area contributed by atoms with Crippen molar-refractivity contribution in [3.63, 3.8) is 0 Å². The Labute approximate surface area is 150 Å². The molecule has 0 spiro atoms. The number of nitrogens with zero attached hydrogens (tertiary/aromatic N) is 1. The van der Waals surface area contributed by atoms with Crippen LogP contribution in [0, 0.1) is 0 Å². The fourth-order valence-electron chi connectivity index (χ4n) is 2.90. The summed E-state index contributed by atoms with van der Waals surface area (Å²) >= 11 is 1.33. The predicted octanol–water partition coefficient (Wildman–Crippen LogP) is 2.39. The molecule has 0 atom stereocenters. The molecule has 1 aromatic carbocycles. The monoisotopic (exact) mass is 360 g/mol. The lowest BCUT2D eigenvalue weighted by molar-refractivity contribution is -0.132. The van der Waals surface area contributed by atoms with Crippen LogP contribution in [0.3, 0.4) is 0 Å². The highest BCUT2D eigenvalue weighted by Crippen LogP contribution is 2.28. The molecule has 0 radical (unpaired) electrons. The van der Waals surface area contributed by atoms with Gasteiger partial charge in [-0.1, -0.05) is 12.1 Å². The Morgan fingerprint density at radius 2 is 2.08 bits per heavy atom. The Kier molecular flexibility index (Phi) is 5.35. The molecule has 0 fully saturated rings. The zero-order valence-corrected chi connectivity index (χ0v) is 14.8. The van der Waals surface area contributed by atoms with Crippen molar-refractivity contribution >= 4 is 23.2 Å². The third-order valence-corrected chi connectivity index (χ3v) is 5.51. The molecule has 0 saturated heterocycles. The normalized spacial score (nSPS) is 13.3. The molecule has 0 saturated carbocycles. The van der Waals surface area contributed by atoms with Crippen molar-refractivity contribution < 1.29 is 19.5 Å². The SMILES string of the molecule is COc1ccc(CCC(=O)N2CCc3cc(C(=O)NO)sc3C2)cc1. The number of hydrogen-bond donors (Lipinski definition) is 2. The van der Waals surface area contributed by atoms with Crippen LogP contribution in [0.4, 0.5) is 0 Å². The van der Waals surface area contributed by atoms with Crippen LogP contribution in [0.15, 0.2) is 30.3 Å². The zero-order chi connectivity index (χ0) is 17.8. The van der Waals surface area contributed by atoms with E-state index in [0.29, 0.717) is 30.8 Å². The van der Waals surface area contributed by atoms with Crippen LogP contribution in [-0.2, 0) is 24.2 Å². The number of nitrogens with one attached hydrogen (secondary N) is 1. The Balaban J connectivity index is 1.58. The van der Waals surface area contributed by atoms with Crippen LogP contribution in [0.25, 0.3) is 0 Å². The van der Waals surface area contributed by atoms with E-state index < -0.39 is 5.91 Å². The molecule has 2 aromatic rings. The highest BCUT2D eigenvalue weighted by molar-refractivity contribution is 7.14. The van der Waals surface area contributed by atoms with Crippen LogP contribution in [0.1, 0.15) is 32.1 Å². The van der Waals surface area contributed by atoms with E-state index in [1.807, 2.05) is 29.2 Å². The van der Waals surface area contributed by atoms with Gasteiger partial charge in [-0.05, 0) is 42.2 Å². The molecule has 25 heavy (non-hydrogen) atoms. The fourth-order valence-corrected chi connectivity index (χ4v) is 4.02. The predicted molar refractivity (Wildman–Crippen MR) is 94.0 cm³/mol. The first-order valence-electron chi connectivity index (χ1n) is 8.07. The van der Waals surface area contributed by atoms with E-state index in [0.717, 1.165) is 28.2 Å². The summed E-state index contributed by atoms with van der Waals surface area (Å²) in [6.45, 7) is 1.19. The number of thiophene rings is 1. The Morgan fingerprint density at radius 3 is 2.76 bits per heavy atom. The number of carbonyl (C=O) groups is 2. The van der Waals surface area contributed by atoms with Gasteiger partial charge in [0.05, 0.1) is 18.5 Å². The van der Waals surface area contributed by atoms with Crippen molar-refractivity contribution in [1.82, 2.24) is 10.4 Å². The second kappa shape index (κ2) is 7.67. The molecule has 1 aliphatic heterocycles. The molecule has 2 N–H and O–H groups in total. The first-order chi connectivity index (χ1) is 12.1. The summed E-state index contributed by atoms with van der Waals surface area (Å²) in [6.07, 6.45) is 1.88. The van der Waals surface area contributed by atoms with Gasteiger partial charge < -0.3 is 9.64 Å². The maximum Gasteiger partial charge on any atom is 0.284 e. The summed E-state index contributed by atoms with van der Waals surface area (Å²) in [6, 6.07) is 9.53. The van der Waals surface area contributed by atoms with Gasteiger partial charge in [-0.2, -0.15) is 0 Å². The standard InChI is InChI=1S/C18H20N2O4S/c1-24-14-5-2-12(3-6-14)4-7-17(21)20-9-8-13-10-15(18(22)19-23)25-16(13)11-20/h2-3,5-6,10,23H,4,7-9,11H2,1H3,(H,19,22). The number of hydrogen-bond acceptors (Lipinski definition) is 5. The van der Waals surface area contributed by atoms with E-state index in [-0.39, 0.29) is 5.91 Å². The summed E-state index contributed by atoms with van der Waals surface area (Å²) in [7, 11) is 1.63. The Bertz CT molecular complexity index is 770. The molecule has 3 rings (SSSR count). The quantitative estimate of drug-likeness (QED) is 0.634. The van der Waals surface area contributed by atoms with Crippen LogP contribution >= 0.6 is 11.3 Å². The average Bonchev–Trinajstić information content (AvgIpc) is 3.09. The molecule has 1 aliphatic rings. The smallest absolute Gasteiger partial charge is 0.284 e. The average molecular weight is 360 g/mol. The van der Waals surface area contributed by atoms with E-state index in [1.54, 1.807) is 18.7 Å². The number of rotatable bonds is 5. The van der Waals surface area contributed by atoms with Gasteiger partial charge in [0.2, 0.25) is 5.91 Å². The van der Waals surface area contributed by atoms with E-state index in [9.17, 15) is 9.59 Å². The maximum atomic E-state index is 12.5. The number of amides is 2. The molecule has 2 amide bonds. The van der Waals surface area contributed by atoms with Crippen LogP contribution in [-0.4, -0.2) is 35.6 Å². The minimum absolute atomic E-state index is 0.114. The second-order valence-corrected chi connectivity index (χ2v) is 7.05. The second-order valence-electron chi connectivity index (χ2n) is 5.91. The molecule has 2 heterocycles. The minimum atomic E-state index is -0.503. The van der Waals surface area contributed by atoms with Crippen molar-refractivity contribution in [2.24, 2.45) is 0 Å². The Morgan fingerprint density at radius 1 is 1.32 bits per heavy atom. The number of hydroxylamine groups is 1. The Hall–Kier alpha value is -2.38. The molecular weight excluding hydrogens is 340 g/mol. The number of fused-ring (bicyclic) bond motifs is 1. The molecule has 0 bridgehead atoms. The van der Waals surface area contributed by atoms with E-state index in [1.165, 1.54) is 11.3 Å². The molecule has 132 valence electrons. The number of carbonyl (C=O) groups excluding carboxylic acids is 2. The van der Waals surface area contributed by atoms with Crippen molar-refractivity contribution in [3.8, 4) is 5.75 Å². The number of methoxy groups -OCH3 is 1. The van der Waals surface area contributed by atoms with E-state index in [2.05, 4.69) is 0 Å². The third-order valence-electron chi connectivity index (χ3n) is 4.35. The summed E-state index contributed by atoms with van der Waals surface area (Å²) in [5.74, 6) is 0.416. The van der Waals surface area contributed by atoms with Crippen molar-refractivity contribution in [2.45, 2.75) is 25.8 Å². The number of benzene rings is 1. The molecule has 7 heteroatoms. The maximum absolute atomic E-state index is 12.5. The van der Waals surface area contributed by atoms with Gasteiger partial charge in [0.1, 0.15) is 5.75 Å².